The zero-order valence-corrected chi connectivity index (χ0v) is 10.9. The normalized spacial score (nSPS) is 22.1. The second-order valence-electron chi connectivity index (χ2n) is 4.93. The molecular formula is C13H14N4O3. The van der Waals surface area contributed by atoms with E-state index in [1.807, 2.05) is 0 Å². The Morgan fingerprint density at radius 2 is 2.25 bits per heavy atom. The van der Waals surface area contributed by atoms with Gasteiger partial charge in [0.2, 0.25) is 11.7 Å². The van der Waals surface area contributed by atoms with Crippen LogP contribution in [-0.4, -0.2) is 21.6 Å². The van der Waals surface area contributed by atoms with Gasteiger partial charge in [-0.05, 0) is 24.9 Å². The highest BCUT2D eigenvalue weighted by molar-refractivity contribution is 5.67. The fourth-order valence-electron chi connectivity index (χ4n) is 2.46. The van der Waals surface area contributed by atoms with Gasteiger partial charge >= 0.3 is 0 Å². The number of nitro groups is 1. The minimum atomic E-state index is -0.443. The third-order valence-corrected chi connectivity index (χ3v) is 3.58. The molecule has 7 nitrogen and oxygen atoms in total. The van der Waals surface area contributed by atoms with Gasteiger partial charge < -0.3 is 9.84 Å². The molecule has 20 heavy (non-hydrogen) atoms. The van der Waals surface area contributed by atoms with E-state index >= 15 is 0 Å². The molecule has 104 valence electrons. The summed E-state index contributed by atoms with van der Waals surface area (Å²) in [7, 11) is 0. The number of benzene rings is 1. The summed E-state index contributed by atoms with van der Waals surface area (Å²) >= 11 is 0. The molecule has 3 rings (SSSR count). The van der Waals surface area contributed by atoms with E-state index in [9.17, 15) is 10.1 Å². The van der Waals surface area contributed by atoms with Gasteiger partial charge in [0.15, 0.2) is 0 Å². The predicted molar refractivity (Wildman–Crippen MR) is 70.9 cm³/mol. The topological polar surface area (TPSA) is 94.1 Å². The van der Waals surface area contributed by atoms with Gasteiger partial charge in [-0.1, -0.05) is 24.2 Å². The van der Waals surface area contributed by atoms with Gasteiger partial charge in [-0.25, -0.2) is 0 Å². The van der Waals surface area contributed by atoms with E-state index in [-0.39, 0.29) is 17.6 Å². The fourth-order valence-corrected chi connectivity index (χ4v) is 2.46. The van der Waals surface area contributed by atoms with Crippen molar-refractivity contribution < 1.29 is 9.45 Å². The second kappa shape index (κ2) is 5.01. The maximum absolute atomic E-state index is 11.0. The Labute approximate surface area is 115 Å². The van der Waals surface area contributed by atoms with Crippen LogP contribution in [0.5, 0.6) is 0 Å². The molecule has 0 amide bonds. The Balaban J connectivity index is 1.96. The lowest BCUT2D eigenvalue weighted by atomic mass is 10.0. The summed E-state index contributed by atoms with van der Waals surface area (Å²) in [5.74, 6) is 1.16. The Morgan fingerprint density at radius 3 is 2.95 bits per heavy atom. The van der Waals surface area contributed by atoms with Gasteiger partial charge in [-0.15, -0.1) is 0 Å². The van der Waals surface area contributed by atoms with E-state index in [4.69, 9.17) is 4.52 Å². The van der Waals surface area contributed by atoms with Crippen LogP contribution in [0.25, 0.3) is 11.4 Å². The quantitative estimate of drug-likeness (QED) is 0.681. The third kappa shape index (κ3) is 2.16. The van der Waals surface area contributed by atoms with Crippen molar-refractivity contribution in [2.24, 2.45) is 5.92 Å². The van der Waals surface area contributed by atoms with Crippen molar-refractivity contribution in [3.63, 3.8) is 0 Å². The van der Waals surface area contributed by atoms with Crippen LogP contribution in [0.4, 0.5) is 5.69 Å². The number of hydrogen-bond acceptors (Lipinski definition) is 6. The van der Waals surface area contributed by atoms with Gasteiger partial charge in [-0.3, -0.25) is 10.1 Å². The maximum Gasteiger partial charge on any atom is 0.280 e. The summed E-state index contributed by atoms with van der Waals surface area (Å²) in [5, 5.41) is 18.2. The smallest absolute Gasteiger partial charge is 0.280 e. The van der Waals surface area contributed by atoms with Crippen molar-refractivity contribution >= 4 is 5.69 Å². The molecule has 1 aliphatic rings. The van der Waals surface area contributed by atoms with Gasteiger partial charge in [-0.2, -0.15) is 4.98 Å². The van der Waals surface area contributed by atoms with E-state index in [1.165, 1.54) is 6.07 Å². The molecule has 1 saturated heterocycles. The number of hydrogen-bond donors (Lipinski definition) is 1. The summed E-state index contributed by atoms with van der Waals surface area (Å²) in [6.45, 7) is 3.02. The molecule has 2 aromatic rings. The first kappa shape index (κ1) is 12.7. The fraction of sp³-hybridized carbons (Fsp3) is 0.385. The van der Waals surface area contributed by atoms with Crippen molar-refractivity contribution in [1.29, 1.82) is 0 Å². The van der Waals surface area contributed by atoms with Crippen LogP contribution < -0.4 is 5.32 Å². The molecule has 1 aromatic carbocycles. The number of nitrogens with one attached hydrogen (secondary N) is 1. The van der Waals surface area contributed by atoms with Crippen LogP contribution >= 0.6 is 0 Å². The molecule has 0 saturated carbocycles. The average molecular weight is 274 g/mol. The predicted octanol–water partition coefficient (Wildman–Crippen LogP) is 2.32. The number of nitrogens with zero attached hydrogens (tertiary/aromatic N) is 3. The Morgan fingerprint density at radius 1 is 1.45 bits per heavy atom. The van der Waals surface area contributed by atoms with Gasteiger partial charge in [0, 0.05) is 6.07 Å². The minimum Gasteiger partial charge on any atom is -0.337 e. The van der Waals surface area contributed by atoms with Crippen molar-refractivity contribution in [3.05, 3.63) is 40.3 Å². The van der Waals surface area contributed by atoms with E-state index < -0.39 is 4.92 Å². The van der Waals surface area contributed by atoms with Crippen LogP contribution in [0, 0.1) is 16.0 Å². The maximum atomic E-state index is 11.0. The SMILES string of the molecule is CC1CCNC1c1nc(-c2ccccc2[N+](=O)[O-])no1. The van der Waals surface area contributed by atoms with Crippen molar-refractivity contribution in [2.75, 3.05) is 6.54 Å². The zero-order valence-electron chi connectivity index (χ0n) is 10.9. The van der Waals surface area contributed by atoms with Gasteiger partial charge in [0.05, 0.1) is 11.0 Å². The molecule has 2 atom stereocenters. The highest BCUT2D eigenvalue weighted by atomic mass is 16.6. The van der Waals surface area contributed by atoms with E-state index in [0.29, 0.717) is 17.4 Å². The van der Waals surface area contributed by atoms with E-state index in [1.54, 1.807) is 18.2 Å². The molecule has 0 spiro atoms. The van der Waals surface area contributed by atoms with Crippen LogP contribution in [0.1, 0.15) is 25.3 Å². The molecule has 1 fully saturated rings. The summed E-state index contributed by atoms with van der Waals surface area (Å²) in [6.07, 6.45) is 1.05. The van der Waals surface area contributed by atoms with E-state index in [2.05, 4.69) is 22.4 Å². The lowest BCUT2D eigenvalue weighted by Gasteiger charge is -2.09. The van der Waals surface area contributed by atoms with Gasteiger partial charge in [0.1, 0.15) is 5.56 Å². The first-order chi connectivity index (χ1) is 9.66. The van der Waals surface area contributed by atoms with Gasteiger partial charge in [0.25, 0.3) is 5.69 Å². The second-order valence-corrected chi connectivity index (χ2v) is 4.93. The summed E-state index contributed by atoms with van der Waals surface area (Å²) in [6, 6.07) is 6.41. The Bertz CT molecular complexity index is 640. The zero-order chi connectivity index (χ0) is 14.1. The number of aromatic nitrogens is 2. The molecule has 2 unspecified atom stereocenters. The molecule has 0 aliphatic carbocycles. The summed E-state index contributed by atoms with van der Waals surface area (Å²) < 4.78 is 5.26. The van der Waals surface area contributed by atoms with Crippen molar-refractivity contribution in [1.82, 2.24) is 15.5 Å². The van der Waals surface area contributed by atoms with Crippen molar-refractivity contribution in [3.8, 4) is 11.4 Å². The molecule has 1 N–H and O–H groups in total. The first-order valence-corrected chi connectivity index (χ1v) is 6.47. The molecule has 2 heterocycles. The van der Waals surface area contributed by atoms with Crippen molar-refractivity contribution in [2.45, 2.75) is 19.4 Å². The first-order valence-electron chi connectivity index (χ1n) is 6.47. The lowest BCUT2D eigenvalue weighted by Crippen LogP contribution is -2.16. The lowest BCUT2D eigenvalue weighted by molar-refractivity contribution is -0.384. The minimum absolute atomic E-state index is 0.0210. The van der Waals surface area contributed by atoms with E-state index in [0.717, 1.165) is 13.0 Å². The van der Waals surface area contributed by atoms with Crippen LogP contribution in [-0.2, 0) is 0 Å². The number of nitro benzene ring substituents is 1. The standard InChI is InChI=1S/C13H14N4O3/c1-8-6-7-14-11(8)13-15-12(16-20-13)9-4-2-3-5-10(9)17(18)19/h2-5,8,11,14H,6-7H2,1H3. The number of para-hydroxylation sites is 1. The Kier molecular flexibility index (Phi) is 3.19. The summed E-state index contributed by atoms with van der Waals surface area (Å²) in [4.78, 5) is 14.9. The molecule has 0 bridgehead atoms. The average Bonchev–Trinajstić information content (AvgIpc) is 3.07. The highest BCUT2D eigenvalue weighted by Crippen LogP contribution is 2.31. The molecule has 0 radical (unpaired) electrons. The van der Waals surface area contributed by atoms with Crippen LogP contribution in [0.2, 0.25) is 0 Å². The van der Waals surface area contributed by atoms with Crippen LogP contribution in [0.15, 0.2) is 28.8 Å². The largest absolute Gasteiger partial charge is 0.337 e. The molecule has 7 heteroatoms. The number of rotatable bonds is 3. The monoisotopic (exact) mass is 274 g/mol. The molecule has 1 aliphatic heterocycles. The van der Waals surface area contributed by atoms with Crippen LogP contribution in [0.3, 0.4) is 0 Å². The third-order valence-electron chi connectivity index (χ3n) is 3.58. The Hall–Kier alpha value is -2.28. The summed E-state index contributed by atoms with van der Waals surface area (Å²) in [5.41, 5.74) is 0.352. The molecular weight excluding hydrogens is 260 g/mol. The highest BCUT2D eigenvalue weighted by Gasteiger charge is 2.30. The molecule has 1 aromatic heterocycles.